The second-order valence-electron chi connectivity index (χ2n) is 5.52. The lowest BCUT2D eigenvalue weighted by Crippen LogP contribution is -2.39. The van der Waals surface area contributed by atoms with Crippen LogP contribution in [0.3, 0.4) is 0 Å². The van der Waals surface area contributed by atoms with Crippen LogP contribution >= 0.6 is 27.5 Å². The highest BCUT2D eigenvalue weighted by Crippen LogP contribution is 2.31. The summed E-state index contributed by atoms with van der Waals surface area (Å²) in [4.78, 5) is 0.287. The highest BCUT2D eigenvalue weighted by Gasteiger charge is 2.31. The summed E-state index contributed by atoms with van der Waals surface area (Å²) >= 11 is 9.20. The number of halogens is 2. The van der Waals surface area contributed by atoms with Crippen molar-refractivity contribution in [3.8, 4) is 0 Å². The van der Waals surface area contributed by atoms with E-state index in [1.54, 1.807) is 25.2 Å². The molecule has 1 aromatic carbocycles. The standard InChI is InChI=1S/C14H19BrClNO2S/c1-10-4-3-5-11(8-10)17(2)20(18,19)12-6-7-14(16)13(15)9-12/h6-7,9-11H,3-5,8H2,1-2H3. The van der Waals surface area contributed by atoms with Gasteiger partial charge in [0.05, 0.1) is 9.92 Å². The molecule has 0 aromatic heterocycles. The normalized spacial score (nSPS) is 24.1. The van der Waals surface area contributed by atoms with Gasteiger partial charge in [-0.3, -0.25) is 0 Å². The molecular formula is C14H19BrClNO2S. The topological polar surface area (TPSA) is 37.4 Å². The van der Waals surface area contributed by atoms with Crippen molar-refractivity contribution in [2.75, 3.05) is 7.05 Å². The summed E-state index contributed by atoms with van der Waals surface area (Å²) in [6.07, 6.45) is 4.16. The van der Waals surface area contributed by atoms with Gasteiger partial charge in [0.25, 0.3) is 0 Å². The van der Waals surface area contributed by atoms with E-state index in [2.05, 4.69) is 22.9 Å². The maximum atomic E-state index is 12.7. The summed E-state index contributed by atoms with van der Waals surface area (Å²) in [6, 6.07) is 4.83. The summed E-state index contributed by atoms with van der Waals surface area (Å²) in [5.74, 6) is 0.586. The highest BCUT2D eigenvalue weighted by molar-refractivity contribution is 9.10. The number of hydrogen-bond donors (Lipinski definition) is 0. The van der Waals surface area contributed by atoms with E-state index in [4.69, 9.17) is 11.6 Å². The molecule has 1 aliphatic rings. The Morgan fingerprint density at radius 1 is 1.35 bits per heavy atom. The predicted octanol–water partition coefficient (Wildman–Crippen LogP) is 4.30. The van der Waals surface area contributed by atoms with E-state index in [1.807, 2.05) is 0 Å². The quantitative estimate of drug-likeness (QED) is 0.784. The van der Waals surface area contributed by atoms with Gasteiger partial charge < -0.3 is 0 Å². The SMILES string of the molecule is CC1CCCC(N(C)S(=O)(=O)c2ccc(Cl)c(Br)c2)C1. The van der Waals surface area contributed by atoms with Crippen LogP contribution < -0.4 is 0 Å². The molecule has 2 atom stereocenters. The smallest absolute Gasteiger partial charge is 0.207 e. The third kappa shape index (κ3) is 3.38. The molecule has 1 saturated carbocycles. The van der Waals surface area contributed by atoms with E-state index in [-0.39, 0.29) is 10.9 Å². The first-order valence-corrected chi connectivity index (χ1v) is 9.36. The zero-order valence-electron chi connectivity index (χ0n) is 11.6. The van der Waals surface area contributed by atoms with Gasteiger partial charge in [0.1, 0.15) is 0 Å². The molecule has 0 saturated heterocycles. The summed E-state index contributed by atoms with van der Waals surface area (Å²) in [7, 11) is -1.78. The Morgan fingerprint density at radius 2 is 2.05 bits per heavy atom. The minimum Gasteiger partial charge on any atom is -0.207 e. The van der Waals surface area contributed by atoms with Crippen molar-refractivity contribution in [1.82, 2.24) is 4.31 Å². The lowest BCUT2D eigenvalue weighted by atomic mass is 9.87. The number of sulfonamides is 1. The van der Waals surface area contributed by atoms with Crippen molar-refractivity contribution in [2.24, 2.45) is 5.92 Å². The highest BCUT2D eigenvalue weighted by atomic mass is 79.9. The van der Waals surface area contributed by atoms with Gasteiger partial charge in [0.15, 0.2) is 0 Å². The zero-order valence-corrected chi connectivity index (χ0v) is 14.8. The van der Waals surface area contributed by atoms with E-state index >= 15 is 0 Å². The maximum Gasteiger partial charge on any atom is 0.243 e. The number of benzene rings is 1. The van der Waals surface area contributed by atoms with Crippen LogP contribution in [-0.2, 0) is 10.0 Å². The average Bonchev–Trinajstić information content (AvgIpc) is 2.40. The number of rotatable bonds is 3. The molecule has 1 aliphatic carbocycles. The summed E-state index contributed by atoms with van der Waals surface area (Å²) in [5.41, 5.74) is 0. The summed E-state index contributed by atoms with van der Waals surface area (Å²) < 4.78 is 27.5. The van der Waals surface area contributed by atoms with Crippen molar-refractivity contribution in [1.29, 1.82) is 0 Å². The second-order valence-corrected chi connectivity index (χ2v) is 8.78. The van der Waals surface area contributed by atoms with Crippen LogP contribution in [0.5, 0.6) is 0 Å². The van der Waals surface area contributed by atoms with Crippen molar-refractivity contribution in [3.05, 3.63) is 27.7 Å². The summed E-state index contributed by atoms with van der Waals surface area (Å²) in [5, 5.41) is 0.512. The number of hydrogen-bond acceptors (Lipinski definition) is 2. The first kappa shape index (κ1) is 16.3. The van der Waals surface area contributed by atoms with Gasteiger partial charge in [0, 0.05) is 17.6 Å². The van der Waals surface area contributed by atoms with Crippen LogP contribution in [0.1, 0.15) is 32.6 Å². The molecule has 2 unspecified atom stereocenters. The van der Waals surface area contributed by atoms with Crippen molar-refractivity contribution >= 4 is 37.6 Å². The van der Waals surface area contributed by atoms with Crippen molar-refractivity contribution in [3.63, 3.8) is 0 Å². The van der Waals surface area contributed by atoms with Gasteiger partial charge in [-0.05, 0) is 52.9 Å². The fraction of sp³-hybridized carbons (Fsp3) is 0.571. The fourth-order valence-corrected chi connectivity index (χ4v) is 4.80. The molecule has 0 bridgehead atoms. The first-order chi connectivity index (χ1) is 9.32. The third-order valence-electron chi connectivity index (χ3n) is 3.99. The maximum absolute atomic E-state index is 12.7. The zero-order chi connectivity index (χ0) is 14.9. The largest absolute Gasteiger partial charge is 0.243 e. The van der Waals surface area contributed by atoms with Crippen LogP contribution in [0.15, 0.2) is 27.6 Å². The van der Waals surface area contributed by atoms with Gasteiger partial charge in [-0.1, -0.05) is 31.4 Å². The molecule has 1 aromatic rings. The Balaban J connectivity index is 2.26. The van der Waals surface area contributed by atoms with Crippen LogP contribution in [0.2, 0.25) is 5.02 Å². The Bertz CT molecular complexity index is 591. The molecule has 20 heavy (non-hydrogen) atoms. The fourth-order valence-electron chi connectivity index (χ4n) is 2.73. The molecule has 2 rings (SSSR count). The summed E-state index contributed by atoms with van der Waals surface area (Å²) in [6.45, 7) is 2.19. The van der Waals surface area contributed by atoms with E-state index in [1.165, 1.54) is 10.7 Å². The Labute approximate surface area is 134 Å². The van der Waals surface area contributed by atoms with Crippen molar-refractivity contribution < 1.29 is 8.42 Å². The molecule has 0 amide bonds. The molecule has 0 aliphatic heterocycles. The molecule has 0 N–H and O–H groups in total. The average molecular weight is 381 g/mol. The van der Waals surface area contributed by atoms with Gasteiger partial charge >= 0.3 is 0 Å². The van der Waals surface area contributed by atoms with E-state index in [9.17, 15) is 8.42 Å². The molecule has 0 heterocycles. The predicted molar refractivity (Wildman–Crippen MR) is 85.5 cm³/mol. The van der Waals surface area contributed by atoms with E-state index < -0.39 is 10.0 Å². The molecule has 0 spiro atoms. The molecule has 3 nitrogen and oxygen atoms in total. The second kappa shape index (κ2) is 6.34. The van der Waals surface area contributed by atoms with Crippen molar-refractivity contribution in [2.45, 2.75) is 43.5 Å². The molecule has 6 heteroatoms. The Kier molecular flexibility index (Phi) is 5.16. The lowest BCUT2D eigenvalue weighted by Gasteiger charge is -2.33. The molecule has 112 valence electrons. The van der Waals surface area contributed by atoms with Gasteiger partial charge in [0.2, 0.25) is 10.0 Å². The lowest BCUT2D eigenvalue weighted by molar-refractivity contribution is 0.239. The van der Waals surface area contributed by atoms with Crippen LogP contribution in [0, 0.1) is 5.92 Å². The van der Waals surface area contributed by atoms with Gasteiger partial charge in [-0.15, -0.1) is 0 Å². The Morgan fingerprint density at radius 3 is 2.65 bits per heavy atom. The monoisotopic (exact) mass is 379 g/mol. The number of nitrogens with zero attached hydrogens (tertiary/aromatic N) is 1. The minimum absolute atomic E-state index is 0.0956. The van der Waals surface area contributed by atoms with E-state index in [0.29, 0.717) is 15.4 Å². The van der Waals surface area contributed by atoms with Gasteiger partial charge in [-0.25, -0.2) is 8.42 Å². The molecule has 1 fully saturated rings. The minimum atomic E-state index is -3.46. The van der Waals surface area contributed by atoms with E-state index in [0.717, 1.165) is 19.3 Å². The van der Waals surface area contributed by atoms with Gasteiger partial charge in [-0.2, -0.15) is 4.31 Å². The Hall–Kier alpha value is -0.100. The third-order valence-corrected chi connectivity index (χ3v) is 7.11. The molecule has 0 radical (unpaired) electrons. The van der Waals surface area contributed by atoms with Crippen LogP contribution in [-0.4, -0.2) is 25.8 Å². The molecular weight excluding hydrogens is 362 g/mol. The first-order valence-electron chi connectivity index (χ1n) is 6.75. The van der Waals surface area contributed by atoms with Crippen LogP contribution in [0.25, 0.3) is 0 Å². The van der Waals surface area contributed by atoms with Crippen LogP contribution in [0.4, 0.5) is 0 Å².